The summed E-state index contributed by atoms with van der Waals surface area (Å²) in [6.07, 6.45) is 2.94. The summed E-state index contributed by atoms with van der Waals surface area (Å²) in [6.45, 7) is 4.55. The van der Waals surface area contributed by atoms with Gasteiger partial charge < -0.3 is 20.3 Å². The number of carbonyl (C=O) groups is 2. The van der Waals surface area contributed by atoms with Crippen LogP contribution in [-0.4, -0.2) is 41.0 Å². The van der Waals surface area contributed by atoms with Crippen molar-refractivity contribution in [3.05, 3.63) is 48.0 Å². The zero-order chi connectivity index (χ0) is 20.1. The second-order valence-corrected chi connectivity index (χ2v) is 6.79. The lowest BCUT2D eigenvalue weighted by Gasteiger charge is -2.32. The molecule has 0 saturated carbocycles. The molecule has 1 aliphatic rings. The van der Waals surface area contributed by atoms with E-state index in [9.17, 15) is 14.0 Å². The number of urea groups is 1. The van der Waals surface area contributed by atoms with Gasteiger partial charge in [-0.1, -0.05) is 0 Å². The van der Waals surface area contributed by atoms with Gasteiger partial charge in [0.1, 0.15) is 17.7 Å². The lowest BCUT2D eigenvalue weighted by atomic mass is 10.1. The monoisotopic (exact) mass is 386 g/mol. The summed E-state index contributed by atoms with van der Waals surface area (Å²) in [5.41, 5.74) is 1.64. The van der Waals surface area contributed by atoms with Gasteiger partial charge in [0, 0.05) is 37.0 Å². The lowest BCUT2D eigenvalue weighted by molar-refractivity contribution is -0.131. The molecule has 0 bridgehead atoms. The van der Waals surface area contributed by atoms with Crippen molar-refractivity contribution in [3.8, 4) is 5.75 Å². The highest BCUT2D eigenvalue weighted by Crippen LogP contribution is 2.24. The lowest BCUT2D eigenvalue weighted by Crippen LogP contribution is -2.43. The molecule has 0 radical (unpaired) electrons. The second kappa shape index (κ2) is 8.69. The topological polar surface area (TPSA) is 83.6 Å². The fourth-order valence-electron chi connectivity index (χ4n) is 3.05. The number of piperidine rings is 1. The van der Waals surface area contributed by atoms with E-state index in [1.807, 2.05) is 6.92 Å². The molecule has 7 nitrogen and oxygen atoms in total. The number of aryl methyl sites for hydroxylation is 1. The fourth-order valence-corrected chi connectivity index (χ4v) is 3.05. The van der Waals surface area contributed by atoms with Crippen LogP contribution in [0.15, 0.2) is 36.5 Å². The maximum Gasteiger partial charge on any atom is 0.323 e. The molecule has 0 spiro atoms. The number of likely N-dealkylation sites (tertiary alicyclic amines) is 1. The van der Waals surface area contributed by atoms with E-state index in [-0.39, 0.29) is 17.7 Å². The van der Waals surface area contributed by atoms with Crippen molar-refractivity contribution in [2.24, 2.45) is 0 Å². The van der Waals surface area contributed by atoms with Crippen molar-refractivity contribution < 1.29 is 18.7 Å². The van der Waals surface area contributed by atoms with Crippen LogP contribution >= 0.6 is 0 Å². The molecule has 0 aliphatic carbocycles. The van der Waals surface area contributed by atoms with Crippen molar-refractivity contribution in [2.75, 3.05) is 23.7 Å². The first-order valence-electron chi connectivity index (χ1n) is 9.12. The van der Waals surface area contributed by atoms with Crippen LogP contribution in [0.1, 0.15) is 25.5 Å². The number of hydrogen-bond acceptors (Lipinski definition) is 4. The van der Waals surface area contributed by atoms with E-state index in [1.54, 1.807) is 29.3 Å². The number of carbonyl (C=O) groups excluding carboxylic acids is 2. The van der Waals surface area contributed by atoms with Gasteiger partial charge in [-0.3, -0.25) is 9.78 Å². The van der Waals surface area contributed by atoms with Crippen LogP contribution in [0, 0.1) is 12.7 Å². The number of nitrogens with one attached hydrogen (secondary N) is 2. The number of pyridine rings is 1. The van der Waals surface area contributed by atoms with Gasteiger partial charge in [0.05, 0.1) is 18.4 Å². The Kier molecular flexibility index (Phi) is 6.08. The predicted octanol–water partition coefficient (Wildman–Crippen LogP) is 3.56. The van der Waals surface area contributed by atoms with Crippen LogP contribution in [0.4, 0.5) is 20.6 Å². The number of benzene rings is 1. The Morgan fingerprint density at radius 2 is 2.00 bits per heavy atom. The summed E-state index contributed by atoms with van der Waals surface area (Å²) < 4.78 is 19.8. The number of amides is 3. The molecule has 1 aromatic carbocycles. The highest BCUT2D eigenvalue weighted by Gasteiger charge is 2.23. The molecule has 2 N–H and O–H groups in total. The van der Waals surface area contributed by atoms with Gasteiger partial charge in [0.25, 0.3) is 0 Å². The van der Waals surface area contributed by atoms with Crippen LogP contribution in [0.3, 0.4) is 0 Å². The minimum absolute atomic E-state index is 0.00263. The molecule has 28 heavy (non-hydrogen) atoms. The molecular weight excluding hydrogens is 363 g/mol. The van der Waals surface area contributed by atoms with Crippen LogP contribution in [0.2, 0.25) is 0 Å². The molecule has 3 amide bonds. The molecule has 1 atom stereocenters. The molecule has 8 heteroatoms. The molecule has 0 unspecified atom stereocenters. The molecule has 2 aromatic rings. The number of aromatic nitrogens is 1. The van der Waals surface area contributed by atoms with E-state index in [1.165, 1.54) is 19.1 Å². The summed E-state index contributed by atoms with van der Waals surface area (Å²) in [5.74, 6) is -0.219. The predicted molar refractivity (Wildman–Crippen MR) is 104 cm³/mol. The second-order valence-electron chi connectivity index (χ2n) is 6.79. The average Bonchev–Trinajstić information content (AvgIpc) is 2.63. The first-order chi connectivity index (χ1) is 13.4. The first kappa shape index (κ1) is 19.6. The Hall–Kier alpha value is -3.16. The molecule has 1 fully saturated rings. The minimum atomic E-state index is -0.524. The molecule has 1 aliphatic heterocycles. The Morgan fingerprint density at radius 3 is 2.71 bits per heavy atom. The smallest absolute Gasteiger partial charge is 0.323 e. The molecular formula is C20H23FN4O3. The van der Waals surface area contributed by atoms with Gasteiger partial charge in [-0.2, -0.15) is 0 Å². The van der Waals surface area contributed by atoms with E-state index < -0.39 is 11.8 Å². The normalized spacial score (nSPS) is 16.4. The van der Waals surface area contributed by atoms with Crippen molar-refractivity contribution in [1.29, 1.82) is 0 Å². The van der Waals surface area contributed by atoms with Gasteiger partial charge in [-0.05, 0) is 38.0 Å². The summed E-state index contributed by atoms with van der Waals surface area (Å²) in [7, 11) is 0. The highest BCUT2D eigenvalue weighted by molar-refractivity contribution is 5.99. The number of anilines is 2. The Morgan fingerprint density at radius 1 is 1.21 bits per heavy atom. The summed E-state index contributed by atoms with van der Waals surface area (Å²) >= 11 is 0. The zero-order valence-corrected chi connectivity index (χ0v) is 15.9. The van der Waals surface area contributed by atoms with Gasteiger partial charge in [0.2, 0.25) is 5.91 Å². The Labute approximate surface area is 162 Å². The third-order valence-corrected chi connectivity index (χ3v) is 4.42. The number of halogens is 1. The van der Waals surface area contributed by atoms with E-state index >= 15 is 0 Å². The highest BCUT2D eigenvalue weighted by atomic mass is 19.1. The van der Waals surface area contributed by atoms with Crippen molar-refractivity contribution in [1.82, 2.24) is 9.88 Å². The average molecular weight is 386 g/mol. The van der Waals surface area contributed by atoms with E-state index in [0.717, 1.165) is 18.5 Å². The molecule has 1 saturated heterocycles. The third-order valence-electron chi connectivity index (χ3n) is 4.42. The molecule has 1 aromatic heterocycles. The van der Waals surface area contributed by atoms with E-state index in [4.69, 9.17) is 4.74 Å². The number of ether oxygens (including phenoxy) is 1. The van der Waals surface area contributed by atoms with E-state index in [0.29, 0.717) is 24.5 Å². The maximum atomic E-state index is 14.0. The minimum Gasteiger partial charge on any atom is -0.488 e. The Bertz CT molecular complexity index is 857. The number of rotatable bonds is 4. The SMILES string of the molecule is CC(=O)N1CCC[C@@H](Oc2cc(F)cc(NC(=O)Nc3ccc(C)nc3)c2)C1. The molecule has 2 heterocycles. The van der Waals surface area contributed by atoms with Gasteiger partial charge in [0.15, 0.2) is 0 Å². The number of nitrogens with zero attached hydrogens (tertiary/aromatic N) is 2. The molecule has 3 rings (SSSR count). The van der Waals surface area contributed by atoms with Gasteiger partial charge >= 0.3 is 6.03 Å². The van der Waals surface area contributed by atoms with Crippen molar-refractivity contribution in [3.63, 3.8) is 0 Å². The third kappa shape index (κ3) is 5.42. The van der Waals surface area contributed by atoms with Crippen LogP contribution in [-0.2, 0) is 4.79 Å². The van der Waals surface area contributed by atoms with Crippen molar-refractivity contribution in [2.45, 2.75) is 32.8 Å². The largest absolute Gasteiger partial charge is 0.488 e. The standard InChI is InChI=1S/C20H23FN4O3/c1-13-5-6-16(11-22-13)23-20(27)24-17-8-15(21)9-19(10-17)28-18-4-3-7-25(12-18)14(2)26/h5-6,8-11,18H,3-4,7,12H2,1-2H3,(H2,23,24,27)/t18-/m1/s1. The van der Waals surface area contributed by atoms with Crippen molar-refractivity contribution >= 4 is 23.3 Å². The zero-order valence-electron chi connectivity index (χ0n) is 15.9. The first-order valence-corrected chi connectivity index (χ1v) is 9.12. The van der Waals surface area contributed by atoms with Crippen LogP contribution in [0.25, 0.3) is 0 Å². The van der Waals surface area contributed by atoms with Gasteiger partial charge in [-0.15, -0.1) is 0 Å². The fraction of sp³-hybridized carbons (Fsp3) is 0.350. The van der Waals surface area contributed by atoms with Gasteiger partial charge in [-0.25, -0.2) is 9.18 Å². The van der Waals surface area contributed by atoms with Crippen LogP contribution < -0.4 is 15.4 Å². The summed E-state index contributed by atoms with van der Waals surface area (Å²) in [4.78, 5) is 29.5. The number of hydrogen-bond donors (Lipinski definition) is 2. The molecule has 148 valence electrons. The summed E-state index contributed by atoms with van der Waals surface area (Å²) in [5, 5.41) is 5.22. The Balaban J connectivity index is 1.63. The summed E-state index contributed by atoms with van der Waals surface area (Å²) in [6, 6.07) is 7.03. The maximum absolute atomic E-state index is 14.0. The van der Waals surface area contributed by atoms with E-state index in [2.05, 4.69) is 15.6 Å². The van der Waals surface area contributed by atoms with Crippen LogP contribution in [0.5, 0.6) is 5.75 Å². The quantitative estimate of drug-likeness (QED) is 0.842.